The molecule has 1 atom stereocenters. The maximum absolute atomic E-state index is 12.3. The summed E-state index contributed by atoms with van der Waals surface area (Å²) in [6, 6.07) is 0.317. The zero-order chi connectivity index (χ0) is 16.0. The average molecular weight is 330 g/mol. The lowest BCUT2D eigenvalue weighted by molar-refractivity contribution is -0.123. The summed E-state index contributed by atoms with van der Waals surface area (Å²) < 4.78 is 23.2. The lowest BCUT2D eigenvalue weighted by Gasteiger charge is -2.27. The van der Waals surface area contributed by atoms with Gasteiger partial charge in [0.2, 0.25) is 5.91 Å². The maximum Gasteiger partial charge on any atom is 0.234 e. The van der Waals surface area contributed by atoms with E-state index in [-0.39, 0.29) is 23.5 Å². The second-order valence-corrected chi connectivity index (χ2v) is 8.96. The van der Waals surface area contributed by atoms with Crippen molar-refractivity contribution < 1.29 is 13.2 Å². The van der Waals surface area contributed by atoms with Gasteiger partial charge in [0, 0.05) is 12.1 Å². The molecule has 1 aliphatic heterocycles. The van der Waals surface area contributed by atoms with E-state index in [4.69, 9.17) is 0 Å². The number of nitrogens with zero attached hydrogens (tertiary/aromatic N) is 1. The summed E-state index contributed by atoms with van der Waals surface area (Å²) in [6.45, 7) is 3.04. The van der Waals surface area contributed by atoms with E-state index in [0.717, 1.165) is 19.4 Å². The Labute approximate surface area is 134 Å². The van der Waals surface area contributed by atoms with Crippen LogP contribution in [0.1, 0.15) is 58.3 Å². The molecule has 2 fully saturated rings. The summed E-state index contributed by atoms with van der Waals surface area (Å²) in [6.07, 6.45) is 9.08. The largest absolute Gasteiger partial charge is 0.352 e. The van der Waals surface area contributed by atoms with Crippen LogP contribution in [0.5, 0.6) is 0 Å². The second kappa shape index (κ2) is 8.29. The highest BCUT2D eigenvalue weighted by atomic mass is 32.2. The molecule has 1 aliphatic carbocycles. The van der Waals surface area contributed by atoms with Crippen LogP contribution >= 0.6 is 0 Å². The van der Waals surface area contributed by atoms with Gasteiger partial charge in [-0.05, 0) is 25.8 Å². The normalized spacial score (nSPS) is 26.5. The Hall–Kier alpha value is -0.620. The highest BCUT2D eigenvalue weighted by Gasteiger charge is 2.32. The number of carbonyl (C=O) groups excluding carboxylic acids is 1. The van der Waals surface area contributed by atoms with Crippen molar-refractivity contribution in [3.05, 3.63) is 0 Å². The van der Waals surface area contributed by atoms with Gasteiger partial charge in [0.05, 0.1) is 18.1 Å². The van der Waals surface area contributed by atoms with Crippen molar-refractivity contribution in [2.24, 2.45) is 0 Å². The molecule has 1 saturated heterocycles. The number of hydrogen-bond donors (Lipinski definition) is 1. The fraction of sp³-hybridized carbons (Fsp3) is 0.938. The van der Waals surface area contributed by atoms with Gasteiger partial charge in [-0.3, -0.25) is 9.69 Å². The van der Waals surface area contributed by atoms with Crippen LogP contribution < -0.4 is 5.32 Å². The molecule has 22 heavy (non-hydrogen) atoms. The van der Waals surface area contributed by atoms with E-state index in [9.17, 15) is 13.2 Å². The Bertz CT molecular complexity index is 456. The van der Waals surface area contributed by atoms with Crippen molar-refractivity contribution in [3.63, 3.8) is 0 Å². The molecule has 5 nitrogen and oxygen atoms in total. The van der Waals surface area contributed by atoms with Crippen LogP contribution in [0.2, 0.25) is 0 Å². The van der Waals surface area contributed by atoms with Gasteiger partial charge in [-0.25, -0.2) is 8.42 Å². The highest BCUT2D eigenvalue weighted by Crippen LogP contribution is 2.19. The van der Waals surface area contributed by atoms with E-state index in [1.54, 1.807) is 0 Å². The molecule has 1 amide bonds. The molecule has 0 aromatic heterocycles. The van der Waals surface area contributed by atoms with E-state index < -0.39 is 9.84 Å². The number of sulfone groups is 1. The van der Waals surface area contributed by atoms with E-state index in [1.165, 1.54) is 32.1 Å². The standard InChI is InChI=1S/C16H30N2O3S/c1-2-18(15-10-11-22(20,21)13-15)12-16(19)17-14-8-6-4-3-5-7-9-14/h14-15H,2-13H2,1H3,(H,17,19). The first kappa shape index (κ1) is 17.7. The monoisotopic (exact) mass is 330 g/mol. The van der Waals surface area contributed by atoms with Crippen molar-refractivity contribution in [3.8, 4) is 0 Å². The lowest BCUT2D eigenvalue weighted by Crippen LogP contribution is -2.46. The predicted octanol–water partition coefficient (Wildman–Crippen LogP) is 1.72. The minimum absolute atomic E-state index is 0.0121. The van der Waals surface area contributed by atoms with Gasteiger partial charge in [0.25, 0.3) is 0 Å². The summed E-state index contributed by atoms with van der Waals surface area (Å²) in [7, 11) is -2.90. The molecule has 0 radical (unpaired) electrons. The quantitative estimate of drug-likeness (QED) is 0.833. The van der Waals surface area contributed by atoms with Crippen molar-refractivity contribution in [1.29, 1.82) is 0 Å². The summed E-state index contributed by atoms with van der Waals surface area (Å²) >= 11 is 0. The number of carbonyl (C=O) groups is 1. The van der Waals surface area contributed by atoms with E-state index in [2.05, 4.69) is 5.32 Å². The van der Waals surface area contributed by atoms with Crippen LogP contribution in [0.25, 0.3) is 0 Å². The van der Waals surface area contributed by atoms with Gasteiger partial charge in [-0.2, -0.15) is 0 Å². The topological polar surface area (TPSA) is 66.5 Å². The Morgan fingerprint density at radius 2 is 1.73 bits per heavy atom. The molecule has 1 saturated carbocycles. The molecule has 0 aromatic rings. The van der Waals surface area contributed by atoms with Crippen LogP contribution in [-0.2, 0) is 14.6 Å². The first-order chi connectivity index (χ1) is 10.5. The number of rotatable bonds is 5. The molecule has 1 heterocycles. The van der Waals surface area contributed by atoms with Crippen LogP contribution in [0.15, 0.2) is 0 Å². The molecule has 0 bridgehead atoms. The van der Waals surface area contributed by atoms with Crippen molar-refractivity contribution in [2.45, 2.75) is 70.4 Å². The smallest absolute Gasteiger partial charge is 0.234 e. The van der Waals surface area contributed by atoms with Crippen molar-refractivity contribution in [1.82, 2.24) is 10.2 Å². The van der Waals surface area contributed by atoms with Gasteiger partial charge in [-0.15, -0.1) is 0 Å². The Balaban J connectivity index is 1.81. The summed E-state index contributed by atoms with van der Waals surface area (Å²) in [5.74, 6) is 0.521. The molecule has 1 unspecified atom stereocenters. The maximum atomic E-state index is 12.3. The highest BCUT2D eigenvalue weighted by molar-refractivity contribution is 7.91. The van der Waals surface area contributed by atoms with Gasteiger partial charge in [0.15, 0.2) is 9.84 Å². The predicted molar refractivity (Wildman–Crippen MR) is 88.6 cm³/mol. The molecule has 0 aromatic carbocycles. The number of likely N-dealkylation sites (N-methyl/N-ethyl adjacent to an activating group) is 1. The first-order valence-electron chi connectivity index (χ1n) is 8.74. The molecule has 2 rings (SSSR count). The summed E-state index contributed by atoms with van der Waals surface area (Å²) in [5, 5.41) is 3.17. The molecular formula is C16H30N2O3S. The average Bonchev–Trinajstić information content (AvgIpc) is 2.79. The van der Waals surface area contributed by atoms with Gasteiger partial charge >= 0.3 is 0 Å². The van der Waals surface area contributed by atoms with Crippen molar-refractivity contribution in [2.75, 3.05) is 24.6 Å². The molecule has 6 heteroatoms. The second-order valence-electron chi connectivity index (χ2n) is 6.73. The summed E-state index contributed by atoms with van der Waals surface area (Å²) in [4.78, 5) is 14.3. The summed E-state index contributed by atoms with van der Waals surface area (Å²) in [5.41, 5.74) is 0. The number of hydrogen-bond acceptors (Lipinski definition) is 4. The van der Waals surface area contributed by atoms with Crippen LogP contribution in [0.4, 0.5) is 0 Å². The van der Waals surface area contributed by atoms with Crippen LogP contribution in [-0.4, -0.2) is 55.9 Å². The number of amides is 1. The van der Waals surface area contributed by atoms with Crippen LogP contribution in [0, 0.1) is 0 Å². The molecule has 128 valence electrons. The fourth-order valence-electron chi connectivity index (χ4n) is 3.62. The Morgan fingerprint density at radius 3 is 2.27 bits per heavy atom. The third kappa shape index (κ3) is 5.54. The van der Waals surface area contributed by atoms with Crippen molar-refractivity contribution >= 4 is 15.7 Å². The fourth-order valence-corrected chi connectivity index (χ4v) is 5.38. The van der Waals surface area contributed by atoms with Gasteiger partial charge in [-0.1, -0.05) is 39.0 Å². The Kier molecular flexibility index (Phi) is 6.68. The lowest BCUT2D eigenvalue weighted by atomic mass is 9.97. The minimum atomic E-state index is -2.90. The molecule has 2 aliphatic rings. The third-order valence-electron chi connectivity index (χ3n) is 4.95. The first-order valence-corrected chi connectivity index (χ1v) is 10.6. The zero-order valence-electron chi connectivity index (χ0n) is 13.7. The molecule has 0 spiro atoms. The van der Waals surface area contributed by atoms with E-state index >= 15 is 0 Å². The van der Waals surface area contributed by atoms with E-state index in [1.807, 2.05) is 11.8 Å². The SMILES string of the molecule is CCN(CC(=O)NC1CCCCCCC1)C1CCS(=O)(=O)C1. The zero-order valence-corrected chi connectivity index (χ0v) is 14.5. The molecular weight excluding hydrogens is 300 g/mol. The van der Waals surface area contributed by atoms with Gasteiger partial charge < -0.3 is 5.32 Å². The Morgan fingerprint density at radius 1 is 1.09 bits per heavy atom. The number of nitrogens with one attached hydrogen (secondary N) is 1. The third-order valence-corrected chi connectivity index (χ3v) is 6.70. The minimum Gasteiger partial charge on any atom is -0.352 e. The molecule has 1 N–H and O–H groups in total. The van der Waals surface area contributed by atoms with Crippen LogP contribution in [0.3, 0.4) is 0 Å². The van der Waals surface area contributed by atoms with Gasteiger partial charge in [0.1, 0.15) is 0 Å². The van der Waals surface area contributed by atoms with E-state index in [0.29, 0.717) is 19.0 Å².